The molecule has 4 rings (SSSR count). The van der Waals surface area contributed by atoms with E-state index >= 15 is 0 Å². The molecule has 168 valence electrons. The van der Waals surface area contributed by atoms with Gasteiger partial charge in [-0.15, -0.1) is 0 Å². The Kier molecular flexibility index (Phi) is 5.40. The van der Waals surface area contributed by atoms with Crippen LogP contribution in [0.5, 0.6) is 0 Å². The fraction of sp³-hybridized carbons (Fsp3) is 0.350. The number of aliphatic hydroxyl groups is 1. The smallest absolute Gasteiger partial charge is 0.338 e. The molecule has 32 heavy (non-hydrogen) atoms. The van der Waals surface area contributed by atoms with Crippen LogP contribution in [0.25, 0.3) is 11.2 Å². The van der Waals surface area contributed by atoms with E-state index in [-0.39, 0.29) is 41.2 Å². The van der Waals surface area contributed by atoms with E-state index in [0.29, 0.717) is 16.7 Å². The molecule has 0 aliphatic carbocycles. The second-order valence-corrected chi connectivity index (χ2v) is 7.56. The molecule has 1 saturated heterocycles. The van der Waals surface area contributed by atoms with Crippen LogP contribution in [0, 0.1) is 13.8 Å². The zero-order chi connectivity index (χ0) is 23.2. The third-order valence-electron chi connectivity index (χ3n) is 5.60. The minimum absolute atomic E-state index is 0.0394. The summed E-state index contributed by atoms with van der Waals surface area (Å²) in [5.41, 5.74) is 13.4. The predicted octanol–water partition coefficient (Wildman–Crippen LogP) is 0.811. The van der Waals surface area contributed by atoms with Gasteiger partial charge in [-0.25, -0.2) is 24.5 Å². The van der Waals surface area contributed by atoms with Gasteiger partial charge in [-0.3, -0.25) is 4.57 Å². The highest BCUT2D eigenvalue weighted by Crippen LogP contribution is 2.32. The molecule has 0 radical (unpaired) electrons. The van der Waals surface area contributed by atoms with E-state index in [1.54, 1.807) is 11.5 Å². The highest BCUT2D eigenvalue weighted by atomic mass is 16.6. The van der Waals surface area contributed by atoms with Gasteiger partial charge in [0.25, 0.3) is 0 Å². The van der Waals surface area contributed by atoms with Crippen LogP contribution in [-0.4, -0.2) is 60.5 Å². The molecule has 2 aromatic heterocycles. The average molecular weight is 442 g/mol. The van der Waals surface area contributed by atoms with E-state index in [2.05, 4.69) is 15.0 Å². The van der Waals surface area contributed by atoms with Crippen LogP contribution in [0.2, 0.25) is 0 Å². The average Bonchev–Trinajstić information content (AvgIpc) is 3.33. The van der Waals surface area contributed by atoms with Crippen molar-refractivity contribution in [2.24, 2.45) is 0 Å². The molecular weight excluding hydrogens is 420 g/mol. The number of imidazole rings is 1. The summed E-state index contributed by atoms with van der Waals surface area (Å²) in [6.45, 7) is 2.85. The number of ether oxygens (including phenoxy) is 2. The van der Waals surface area contributed by atoms with Gasteiger partial charge in [0.15, 0.2) is 11.5 Å². The van der Waals surface area contributed by atoms with Gasteiger partial charge in [-0.05, 0) is 31.0 Å². The number of hydrogen-bond acceptors (Lipinski definition) is 10. The van der Waals surface area contributed by atoms with E-state index in [4.69, 9.17) is 20.9 Å². The number of esters is 1. The molecule has 3 atom stereocenters. The van der Waals surface area contributed by atoms with Crippen LogP contribution in [0.4, 0.5) is 11.5 Å². The van der Waals surface area contributed by atoms with Crippen molar-refractivity contribution < 1.29 is 29.3 Å². The lowest BCUT2D eigenvalue weighted by atomic mass is 9.96. The summed E-state index contributed by atoms with van der Waals surface area (Å²) in [5, 5.41) is 19.9. The Morgan fingerprint density at radius 3 is 2.72 bits per heavy atom. The molecule has 12 nitrogen and oxygen atoms in total. The predicted molar refractivity (Wildman–Crippen MR) is 112 cm³/mol. The molecule has 1 aliphatic rings. The number of benzene rings is 1. The first-order valence-corrected chi connectivity index (χ1v) is 9.75. The van der Waals surface area contributed by atoms with Gasteiger partial charge in [0.05, 0.1) is 23.6 Å². The molecule has 6 N–H and O–H groups in total. The van der Waals surface area contributed by atoms with Gasteiger partial charge in [0.2, 0.25) is 0 Å². The van der Waals surface area contributed by atoms with Crippen molar-refractivity contribution in [1.82, 2.24) is 19.5 Å². The van der Waals surface area contributed by atoms with Crippen LogP contribution in [0.3, 0.4) is 0 Å². The van der Waals surface area contributed by atoms with E-state index < -0.39 is 30.4 Å². The van der Waals surface area contributed by atoms with Crippen molar-refractivity contribution >= 4 is 34.6 Å². The van der Waals surface area contributed by atoms with Crippen molar-refractivity contribution in [2.75, 3.05) is 18.1 Å². The Bertz CT molecular complexity index is 1230. The number of fused-ring (bicyclic) bond motifs is 1. The van der Waals surface area contributed by atoms with Crippen molar-refractivity contribution in [1.29, 1.82) is 0 Å². The zero-order valence-corrected chi connectivity index (χ0v) is 17.3. The third-order valence-corrected chi connectivity index (χ3v) is 5.60. The lowest BCUT2D eigenvalue weighted by Gasteiger charge is -2.17. The number of aromatic carboxylic acids is 1. The number of nitrogen functional groups attached to an aromatic ring is 2. The molecule has 0 saturated carbocycles. The van der Waals surface area contributed by atoms with Gasteiger partial charge < -0.3 is 31.2 Å². The number of carboxylic acids is 1. The summed E-state index contributed by atoms with van der Waals surface area (Å²) >= 11 is 0. The Morgan fingerprint density at radius 2 is 2.00 bits per heavy atom. The Hall–Kier alpha value is -3.77. The number of aromatic nitrogens is 4. The Morgan fingerprint density at radius 1 is 1.25 bits per heavy atom. The molecule has 3 aromatic rings. The number of carboxylic acid groups (broad SMARTS) is 1. The summed E-state index contributed by atoms with van der Waals surface area (Å²) in [6, 6.07) is 1.38. The van der Waals surface area contributed by atoms with E-state index in [9.17, 15) is 19.8 Å². The zero-order valence-electron chi connectivity index (χ0n) is 17.3. The molecule has 0 amide bonds. The number of carbonyl (C=O) groups excluding carboxylic acids is 1. The van der Waals surface area contributed by atoms with E-state index in [1.807, 2.05) is 0 Å². The topological polar surface area (TPSA) is 189 Å². The quantitative estimate of drug-likeness (QED) is 0.323. The van der Waals surface area contributed by atoms with Crippen LogP contribution < -0.4 is 11.5 Å². The number of hydrogen-bond donors (Lipinski definition) is 4. The fourth-order valence-corrected chi connectivity index (χ4v) is 3.82. The van der Waals surface area contributed by atoms with Crippen LogP contribution in [0.1, 0.15) is 44.5 Å². The molecule has 12 heteroatoms. The molecule has 1 aromatic carbocycles. The number of rotatable bonds is 5. The lowest BCUT2D eigenvalue weighted by Crippen LogP contribution is -2.28. The van der Waals surface area contributed by atoms with Gasteiger partial charge in [-0.1, -0.05) is 0 Å². The minimum atomic E-state index is -1.18. The van der Waals surface area contributed by atoms with Crippen molar-refractivity contribution in [3.05, 3.63) is 41.0 Å². The van der Waals surface area contributed by atoms with Crippen LogP contribution >= 0.6 is 0 Å². The maximum atomic E-state index is 12.6. The lowest BCUT2D eigenvalue weighted by molar-refractivity contribution is -0.0509. The van der Waals surface area contributed by atoms with Gasteiger partial charge >= 0.3 is 11.9 Å². The maximum Gasteiger partial charge on any atom is 0.338 e. The summed E-state index contributed by atoms with van der Waals surface area (Å²) in [7, 11) is 0. The molecule has 1 aliphatic heterocycles. The standard InChI is InChI=1S/C20H22N6O6/c1-8-10(3-11(21)9(2)15(8)19(28)29)20(30)31-5-13-12(27)4-14(32-13)26-7-25-16-17(22)23-6-24-18(16)26/h3,6-7,12-14,27H,4-5,21H2,1-2H3,(H,28,29)(H2,22,23,24)/t12-,13+,14+/m0/s1. The fourth-order valence-electron chi connectivity index (χ4n) is 3.82. The molecule has 1 fully saturated rings. The maximum absolute atomic E-state index is 12.6. The summed E-state index contributed by atoms with van der Waals surface area (Å²) in [4.78, 5) is 36.4. The second-order valence-electron chi connectivity index (χ2n) is 7.56. The third kappa shape index (κ3) is 3.59. The minimum Gasteiger partial charge on any atom is -0.478 e. The monoisotopic (exact) mass is 442 g/mol. The molecule has 3 heterocycles. The Balaban J connectivity index is 1.48. The van der Waals surface area contributed by atoms with Gasteiger partial charge in [0, 0.05) is 12.1 Å². The van der Waals surface area contributed by atoms with E-state index in [1.165, 1.54) is 25.6 Å². The molecule has 0 unspecified atom stereocenters. The SMILES string of the molecule is Cc1c(N)cc(C(=O)OC[C@H]2O[C@@H](n3cnc4c(N)ncnc43)C[C@@H]2O)c(C)c1C(=O)O. The van der Waals surface area contributed by atoms with Crippen molar-refractivity contribution in [2.45, 2.75) is 38.7 Å². The Labute approximate surface area is 181 Å². The van der Waals surface area contributed by atoms with Crippen molar-refractivity contribution in [3.63, 3.8) is 0 Å². The summed E-state index contributed by atoms with van der Waals surface area (Å²) < 4.78 is 12.8. The summed E-state index contributed by atoms with van der Waals surface area (Å²) in [6.07, 6.45) is 0.709. The first-order valence-electron chi connectivity index (χ1n) is 9.75. The van der Waals surface area contributed by atoms with Crippen LogP contribution in [0.15, 0.2) is 18.7 Å². The number of carbonyl (C=O) groups is 2. The van der Waals surface area contributed by atoms with E-state index in [0.717, 1.165) is 0 Å². The van der Waals surface area contributed by atoms with Gasteiger partial charge in [-0.2, -0.15) is 0 Å². The number of aliphatic hydroxyl groups excluding tert-OH is 1. The number of anilines is 2. The van der Waals surface area contributed by atoms with Crippen molar-refractivity contribution in [3.8, 4) is 0 Å². The number of nitrogens with two attached hydrogens (primary N) is 2. The first-order chi connectivity index (χ1) is 15.2. The largest absolute Gasteiger partial charge is 0.478 e. The van der Waals surface area contributed by atoms with Crippen LogP contribution in [-0.2, 0) is 9.47 Å². The number of nitrogens with zero attached hydrogens (tertiary/aromatic N) is 4. The van der Waals surface area contributed by atoms with Gasteiger partial charge in [0.1, 0.15) is 30.8 Å². The highest BCUT2D eigenvalue weighted by Gasteiger charge is 2.37. The molecule has 0 bridgehead atoms. The molecular formula is C20H22N6O6. The normalized spacial score (nSPS) is 20.5. The molecule has 0 spiro atoms. The summed E-state index contributed by atoms with van der Waals surface area (Å²) in [5.74, 6) is -1.72. The highest BCUT2D eigenvalue weighted by molar-refractivity contribution is 6.00. The second kappa shape index (κ2) is 8.05. The first kappa shape index (κ1) is 21.5.